The number of carbonyl (C=O) groups is 1. The molecule has 0 bridgehead atoms. The Morgan fingerprint density at radius 1 is 1.00 bits per heavy atom. The minimum absolute atomic E-state index is 0.520. The van der Waals surface area contributed by atoms with Crippen molar-refractivity contribution in [3.63, 3.8) is 0 Å². The van der Waals surface area contributed by atoms with Crippen LogP contribution in [-0.2, 0) is 4.79 Å². The van der Waals surface area contributed by atoms with Gasteiger partial charge in [-0.1, -0.05) is 6.42 Å². The summed E-state index contributed by atoms with van der Waals surface area (Å²) < 4.78 is 0. The molecule has 4 atom stereocenters. The van der Waals surface area contributed by atoms with Gasteiger partial charge in [-0.2, -0.15) is 0 Å². The van der Waals surface area contributed by atoms with Gasteiger partial charge in [-0.05, 0) is 19.4 Å². The van der Waals surface area contributed by atoms with E-state index in [0.29, 0.717) is 13.0 Å². The van der Waals surface area contributed by atoms with Gasteiger partial charge in [0.15, 0.2) is 0 Å². The van der Waals surface area contributed by atoms with Crippen LogP contribution in [0.25, 0.3) is 0 Å². The zero-order valence-corrected chi connectivity index (χ0v) is 11.3. The summed E-state index contributed by atoms with van der Waals surface area (Å²) in [6.07, 6.45) is -2.13. The summed E-state index contributed by atoms with van der Waals surface area (Å²) in [5.74, 6) is -0.933. The summed E-state index contributed by atoms with van der Waals surface area (Å²) in [7, 11) is 0. The predicted octanol–water partition coefficient (Wildman–Crippen LogP) is -3.42. The molecule has 0 radical (unpaired) electrons. The number of hydrogen-bond acceptors (Lipinski definition) is 8. The van der Waals surface area contributed by atoms with Crippen LogP contribution in [0.3, 0.4) is 0 Å². The van der Waals surface area contributed by atoms with E-state index >= 15 is 0 Å². The Hall–Kier alpha value is -0.810. The molecular formula is C11H26N2O7. The van der Waals surface area contributed by atoms with Crippen molar-refractivity contribution in [3.8, 4) is 0 Å². The van der Waals surface area contributed by atoms with E-state index in [9.17, 15) is 4.79 Å². The van der Waals surface area contributed by atoms with E-state index in [0.717, 1.165) is 12.8 Å². The fraction of sp³-hybridized carbons (Fsp3) is 0.909. The van der Waals surface area contributed by atoms with E-state index in [1.54, 1.807) is 0 Å². The zero-order chi connectivity index (χ0) is 16.1. The molecule has 0 saturated heterocycles. The maximum Gasteiger partial charge on any atom is 0.320 e. The van der Waals surface area contributed by atoms with Gasteiger partial charge in [-0.3, -0.25) is 4.79 Å². The van der Waals surface area contributed by atoms with Crippen LogP contribution in [-0.4, -0.2) is 80.7 Å². The fourth-order valence-electron chi connectivity index (χ4n) is 1.10. The van der Waals surface area contributed by atoms with Crippen molar-refractivity contribution in [2.24, 2.45) is 11.5 Å². The van der Waals surface area contributed by atoms with E-state index in [1.165, 1.54) is 0 Å². The normalized spacial score (nSPS) is 16.6. The van der Waals surface area contributed by atoms with E-state index in [-0.39, 0.29) is 0 Å². The highest BCUT2D eigenvalue weighted by molar-refractivity contribution is 5.72. The summed E-state index contributed by atoms with van der Waals surface area (Å²) in [4.78, 5) is 10.1. The molecule has 0 aliphatic rings. The van der Waals surface area contributed by atoms with Gasteiger partial charge in [0, 0.05) is 0 Å². The highest BCUT2D eigenvalue weighted by Crippen LogP contribution is 1.98. The highest BCUT2D eigenvalue weighted by Gasteiger charge is 2.22. The Bertz CT molecular complexity index is 233. The minimum Gasteiger partial charge on any atom is -0.480 e. The third kappa shape index (κ3) is 11.1. The monoisotopic (exact) mass is 298 g/mol. The average Bonchev–Trinajstić information content (AvgIpc) is 2.45. The molecule has 122 valence electrons. The summed E-state index contributed by atoms with van der Waals surface area (Å²) >= 11 is 0. The Balaban J connectivity index is 0. The first-order valence-electron chi connectivity index (χ1n) is 6.26. The summed E-state index contributed by atoms with van der Waals surface area (Å²) in [5.41, 5.74) is 10.4. The van der Waals surface area contributed by atoms with Crippen molar-refractivity contribution in [3.05, 3.63) is 0 Å². The molecule has 0 amide bonds. The van der Waals surface area contributed by atoms with E-state index in [2.05, 4.69) is 0 Å². The number of unbranched alkanes of at least 4 members (excludes halogenated alkanes) is 1. The second-order valence-corrected chi connectivity index (χ2v) is 4.22. The van der Waals surface area contributed by atoms with Crippen LogP contribution in [0.15, 0.2) is 0 Å². The Morgan fingerprint density at radius 2 is 1.45 bits per heavy atom. The number of hydrogen-bond donors (Lipinski definition) is 8. The number of carboxylic acid groups (broad SMARTS) is 1. The van der Waals surface area contributed by atoms with Crippen LogP contribution in [0.1, 0.15) is 19.3 Å². The lowest BCUT2D eigenvalue weighted by molar-refractivity contribution is -0.138. The molecule has 0 aromatic rings. The molecule has 0 aliphatic heterocycles. The lowest BCUT2D eigenvalue weighted by Gasteiger charge is -2.19. The molecule has 9 heteroatoms. The van der Waals surface area contributed by atoms with Crippen LogP contribution in [0.4, 0.5) is 0 Å². The number of aliphatic carboxylic acids is 1. The second kappa shape index (κ2) is 13.2. The average molecular weight is 298 g/mol. The number of rotatable bonds is 9. The van der Waals surface area contributed by atoms with Crippen molar-refractivity contribution in [2.75, 3.05) is 19.8 Å². The molecule has 0 aliphatic carbocycles. The predicted molar refractivity (Wildman–Crippen MR) is 70.7 cm³/mol. The summed E-state index contributed by atoms with van der Waals surface area (Å²) in [6, 6.07) is -0.716. The molecule has 9 nitrogen and oxygen atoms in total. The van der Waals surface area contributed by atoms with Crippen LogP contribution in [0, 0.1) is 0 Å². The van der Waals surface area contributed by atoms with Crippen LogP contribution in [0.2, 0.25) is 0 Å². The molecule has 0 saturated carbocycles. The molecule has 2 unspecified atom stereocenters. The van der Waals surface area contributed by atoms with E-state index < -0.39 is 43.5 Å². The first-order chi connectivity index (χ1) is 9.31. The molecule has 0 spiro atoms. The van der Waals surface area contributed by atoms with Crippen molar-refractivity contribution in [2.45, 2.75) is 43.6 Å². The smallest absolute Gasteiger partial charge is 0.320 e. The largest absolute Gasteiger partial charge is 0.480 e. The van der Waals surface area contributed by atoms with Gasteiger partial charge in [-0.15, -0.1) is 0 Å². The maximum atomic E-state index is 10.1. The topological polar surface area (TPSA) is 190 Å². The summed E-state index contributed by atoms with van der Waals surface area (Å²) in [6.45, 7) is -0.678. The Morgan fingerprint density at radius 3 is 1.75 bits per heavy atom. The Labute approximate surface area is 117 Å². The van der Waals surface area contributed by atoms with Gasteiger partial charge in [0.1, 0.15) is 24.4 Å². The van der Waals surface area contributed by atoms with Gasteiger partial charge in [0.05, 0.1) is 13.2 Å². The van der Waals surface area contributed by atoms with Crippen molar-refractivity contribution in [1.82, 2.24) is 0 Å². The number of carboxylic acids is 1. The van der Waals surface area contributed by atoms with Crippen LogP contribution < -0.4 is 11.5 Å². The SMILES string of the molecule is NCCCCC(N)C(=O)O.OC[C@@H](O)C(O)[C@@H](O)CO. The number of aliphatic hydroxyl groups is 5. The minimum atomic E-state index is -1.49. The molecule has 0 aromatic carbocycles. The zero-order valence-electron chi connectivity index (χ0n) is 11.3. The molecule has 0 aromatic heterocycles. The van der Waals surface area contributed by atoms with Crippen molar-refractivity contribution < 1.29 is 35.4 Å². The lowest BCUT2D eigenvalue weighted by Crippen LogP contribution is -2.41. The second-order valence-electron chi connectivity index (χ2n) is 4.22. The molecule has 0 fully saturated rings. The van der Waals surface area contributed by atoms with Crippen molar-refractivity contribution in [1.29, 1.82) is 0 Å². The molecular weight excluding hydrogens is 272 g/mol. The standard InChI is InChI=1S/C6H14N2O2.C5H12O5/c7-4-2-1-3-5(8)6(9)10;6-1-3(8)5(10)4(9)2-7/h5H,1-4,7-8H2,(H,9,10);3-10H,1-2H2/t;3-,4+,5?. The van der Waals surface area contributed by atoms with Crippen molar-refractivity contribution >= 4 is 5.97 Å². The third-order valence-corrected chi connectivity index (χ3v) is 2.45. The maximum absolute atomic E-state index is 10.1. The number of aliphatic hydroxyl groups excluding tert-OH is 5. The highest BCUT2D eigenvalue weighted by atomic mass is 16.4. The number of nitrogens with two attached hydrogens (primary N) is 2. The molecule has 10 N–H and O–H groups in total. The molecule has 0 rings (SSSR count). The first kappa shape index (κ1) is 21.5. The van der Waals surface area contributed by atoms with E-state index in [1.807, 2.05) is 0 Å². The first-order valence-corrected chi connectivity index (χ1v) is 6.26. The fourth-order valence-corrected chi connectivity index (χ4v) is 1.10. The lowest BCUT2D eigenvalue weighted by atomic mass is 10.1. The van der Waals surface area contributed by atoms with Gasteiger partial charge >= 0.3 is 5.97 Å². The van der Waals surface area contributed by atoms with Gasteiger partial charge in [0.25, 0.3) is 0 Å². The third-order valence-electron chi connectivity index (χ3n) is 2.45. The molecule has 0 heterocycles. The van der Waals surface area contributed by atoms with E-state index in [4.69, 9.17) is 42.1 Å². The van der Waals surface area contributed by atoms with Crippen LogP contribution in [0.5, 0.6) is 0 Å². The van der Waals surface area contributed by atoms with Gasteiger partial charge in [-0.25, -0.2) is 0 Å². The quantitative estimate of drug-likeness (QED) is 0.200. The molecule has 20 heavy (non-hydrogen) atoms. The van der Waals surface area contributed by atoms with Crippen LogP contribution >= 0.6 is 0 Å². The summed E-state index contributed by atoms with van der Waals surface area (Å²) in [5, 5.41) is 50.9. The Kier molecular flexibility index (Phi) is 14.2. The van der Waals surface area contributed by atoms with Gasteiger partial charge in [0.2, 0.25) is 0 Å². The van der Waals surface area contributed by atoms with Gasteiger partial charge < -0.3 is 42.1 Å².